The van der Waals surface area contributed by atoms with Crippen LogP contribution in [0.3, 0.4) is 0 Å². The maximum Gasteiger partial charge on any atom is 0.325 e. The molecule has 1 heterocycles. The molecule has 0 aliphatic heterocycles. The summed E-state index contributed by atoms with van der Waals surface area (Å²) in [5.74, 6) is -0.832. The standard InChI is InChI=1S/C17H19N3O4/c1-3-24-15(21)10-18-16(22)13-6-4-12(5-7-13)9-14-8-11(2)19-20-17(14)23/h4-8H,3,9-10H2,1-2H3,(H,18,22)(H,20,23). The maximum absolute atomic E-state index is 11.9. The Bertz CT molecular complexity index is 781. The second-order valence-corrected chi connectivity index (χ2v) is 5.23. The molecular weight excluding hydrogens is 310 g/mol. The topological polar surface area (TPSA) is 101 Å². The summed E-state index contributed by atoms with van der Waals surface area (Å²) in [7, 11) is 0. The van der Waals surface area contributed by atoms with Gasteiger partial charge in [0.25, 0.3) is 11.5 Å². The monoisotopic (exact) mass is 329 g/mol. The van der Waals surface area contributed by atoms with Crippen molar-refractivity contribution in [1.29, 1.82) is 0 Å². The highest BCUT2D eigenvalue weighted by atomic mass is 16.5. The van der Waals surface area contributed by atoms with E-state index < -0.39 is 5.97 Å². The largest absolute Gasteiger partial charge is 0.465 e. The number of carbonyl (C=O) groups is 2. The molecule has 0 saturated heterocycles. The first-order valence-electron chi connectivity index (χ1n) is 7.57. The quantitative estimate of drug-likeness (QED) is 0.769. The van der Waals surface area contributed by atoms with Crippen molar-refractivity contribution in [3.63, 3.8) is 0 Å². The van der Waals surface area contributed by atoms with Crippen LogP contribution in [0, 0.1) is 6.92 Å². The first-order valence-corrected chi connectivity index (χ1v) is 7.57. The van der Waals surface area contributed by atoms with Gasteiger partial charge in [-0.2, -0.15) is 5.10 Å². The first kappa shape index (κ1) is 17.4. The average molecular weight is 329 g/mol. The summed E-state index contributed by atoms with van der Waals surface area (Å²) in [4.78, 5) is 34.9. The van der Waals surface area contributed by atoms with E-state index in [0.29, 0.717) is 17.5 Å². The molecule has 0 spiro atoms. The van der Waals surface area contributed by atoms with Crippen molar-refractivity contribution in [3.8, 4) is 0 Å². The molecule has 2 aromatic rings. The highest BCUT2D eigenvalue weighted by Crippen LogP contribution is 2.09. The van der Waals surface area contributed by atoms with Crippen LogP contribution in [0.15, 0.2) is 35.1 Å². The van der Waals surface area contributed by atoms with E-state index in [2.05, 4.69) is 15.5 Å². The smallest absolute Gasteiger partial charge is 0.325 e. The van der Waals surface area contributed by atoms with E-state index in [0.717, 1.165) is 11.3 Å². The summed E-state index contributed by atoms with van der Waals surface area (Å²) in [6.45, 7) is 3.61. The molecule has 7 nitrogen and oxygen atoms in total. The molecule has 0 unspecified atom stereocenters. The van der Waals surface area contributed by atoms with Gasteiger partial charge in [0.1, 0.15) is 6.54 Å². The van der Waals surface area contributed by atoms with Gasteiger partial charge in [-0.1, -0.05) is 12.1 Å². The van der Waals surface area contributed by atoms with Crippen LogP contribution in [0.4, 0.5) is 0 Å². The van der Waals surface area contributed by atoms with Gasteiger partial charge in [-0.15, -0.1) is 0 Å². The highest BCUT2D eigenvalue weighted by molar-refractivity contribution is 5.95. The van der Waals surface area contributed by atoms with Crippen molar-refractivity contribution >= 4 is 11.9 Å². The SMILES string of the molecule is CCOC(=O)CNC(=O)c1ccc(Cc2cc(C)n[nH]c2=O)cc1. The molecule has 0 aliphatic rings. The number of nitrogens with one attached hydrogen (secondary N) is 2. The Labute approximate surface area is 139 Å². The Morgan fingerprint density at radius 3 is 2.62 bits per heavy atom. The van der Waals surface area contributed by atoms with E-state index in [1.54, 1.807) is 44.2 Å². The van der Waals surface area contributed by atoms with Gasteiger partial charge in [0.2, 0.25) is 0 Å². The molecule has 7 heteroatoms. The Balaban J connectivity index is 2.00. The van der Waals surface area contributed by atoms with Crippen molar-refractivity contribution in [1.82, 2.24) is 15.5 Å². The van der Waals surface area contributed by atoms with Crippen LogP contribution in [0.25, 0.3) is 0 Å². The number of nitrogens with zero attached hydrogens (tertiary/aromatic N) is 1. The number of esters is 1. The zero-order valence-corrected chi connectivity index (χ0v) is 13.6. The minimum absolute atomic E-state index is 0.167. The zero-order chi connectivity index (χ0) is 17.5. The molecule has 0 radical (unpaired) electrons. The van der Waals surface area contributed by atoms with E-state index in [9.17, 15) is 14.4 Å². The number of aromatic nitrogens is 2. The van der Waals surface area contributed by atoms with E-state index in [1.165, 1.54) is 0 Å². The number of rotatable bonds is 6. The van der Waals surface area contributed by atoms with Gasteiger partial charge >= 0.3 is 5.97 Å². The van der Waals surface area contributed by atoms with Crippen LogP contribution in [-0.2, 0) is 16.0 Å². The van der Waals surface area contributed by atoms with E-state index in [4.69, 9.17) is 4.74 Å². The number of H-pyrrole nitrogens is 1. The summed E-state index contributed by atoms with van der Waals surface area (Å²) < 4.78 is 4.74. The lowest BCUT2D eigenvalue weighted by Gasteiger charge is -2.06. The van der Waals surface area contributed by atoms with Gasteiger partial charge in [0, 0.05) is 17.5 Å². The minimum atomic E-state index is -0.477. The lowest BCUT2D eigenvalue weighted by molar-refractivity contribution is -0.141. The third-order valence-corrected chi connectivity index (χ3v) is 3.32. The predicted octanol–water partition coefficient (Wildman–Crippen LogP) is 0.962. The van der Waals surface area contributed by atoms with Crippen LogP contribution in [0.5, 0.6) is 0 Å². The van der Waals surface area contributed by atoms with Gasteiger partial charge < -0.3 is 10.1 Å². The molecule has 1 aromatic heterocycles. The molecule has 0 bridgehead atoms. The molecule has 1 amide bonds. The fourth-order valence-corrected chi connectivity index (χ4v) is 2.15. The third-order valence-electron chi connectivity index (χ3n) is 3.32. The van der Waals surface area contributed by atoms with Crippen molar-refractivity contribution in [2.24, 2.45) is 0 Å². The van der Waals surface area contributed by atoms with Crippen molar-refractivity contribution in [2.75, 3.05) is 13.2 Å². The first-order chi connectivity index (χ1) is 11.5. The van der Waals surface area contributed by atoms with Crippen molar-refractivity contribution in [3.05, 3.63) is 63.1 Å². The minimum Gasteiger partial charge on any atom is -0.465 e. The number of amides is 1. The normalized spacial score (nSPS) is 10.2. The molecule has 0 aliphatic carbocycles. The average Bonchev–Trinajstić information content (AvgIpc) is 2.57. The summed E-state index contributed by atoms with van der Waals surface area (Å²) in [6.07, 6.45) is 0.448. The molecule has 1 aromatic carbocycles. The number of aromatic amines is 1. The van der Waals surface area contributed by atoms with E-state index >= 15 is 0 Å². The highest BCUT2D eigenvalue weighted by Gasteiger charge is 2.09. The fraction of sp³-hybridized carbons (Fsp3) is 0.294. The molecule has 126 valence electrons. The fourth-order valence-electron chi connectivity index (χ4n) is 2.15. The number of aryl methyl sites for hydroxylation is 1. The van der Waals surface area contributed by atoms with Crippen LogP contribution < -0.4 is 10.9 Å². The number of ether oxygens (including phenoxy) is 1. The number of benzene rings is 1. The van der Waals surface area contributed by atoms with Crippen molar-refractivity contribution < 1.29 is 14.3 Å². The summed E-state index contributed by atoms with van der Waals surface area (Å²) in [5, 5.41) is 8.77. The molecule has 0 atom stereocenters. The molecule has 0 saturated carbocycles. The summed E-state index contributed by atoms with van der Waals surface area (Å²) in [5.41, 5.74) is 2.45. The van der Waals surface area contributed by atoms with Gasteiger partial charge in [-0.05, 0) is 37.6 Å². The Morgan fingerprint density at radius 1 is 1.25 bits per heavy atom. The lowest BCUT2D eigenvalue weighted by Crippen LogP contribution is -2.30. The Kier molecular flexibility index (Phi) is 5.83. The number of carbonyl (C=O) groups excluding carboxylic acids is 2. The molecule has 24 heavy (non-hydrogen) atoms. The predicted molar refractivity (Wildman–Crippen MR) is 87.8 cm³/mol. The number of hydrogen-bond donors (Lipinski definition) is 2. The maximum atomic E-state index is 11.9. The summed E-state index contributed by atoms with van der Waals surface area (Å²) >= 11 is 0. The van der Waals surface area contributed by atoms with Gasteiger partial charge in [-0.3, -0.25) is 14.4 Å². The molecular formula is C17H19N3O4. The number of hydrogen-bond acceptors (Lipinski definition) is 5. The van der Waals surface area contributed by atoms with Gasteiger partial charge in [0.15, 0.2) is 0 Å². The van der Waals surface area contributed by atoms with Gasteiger partial charge in [0.05, 0.1) is 12.3 Å². The van der Waals surface area contributed by atoms with Crippen LogP contribution in [-0.4, -0.2) is 35.2 Å². The summed E-state index contributed by atoms with van der Waals surface area (Å²) in [6, 6.07) is 8.58. The zero-order valence-electron chi connectivity index (χ0n) is 13.6. The van der Waals surface area contributed by atoms with Crippen LogP contribution in [0.2, 0.25) is 0 Å². The second kappa shape index (κ2) is 8.05. The second-order valence-electron chi connectivity index (χ2n) is 5.23. The van der Waals surface area contributed by atoms with Crippen LogP contribution >= 0.6 is 0 Å². The van der Waals surface area contributed by atoms with Crippen molar-refractivity contribution in [2.45, 2.75) is 20.3 Å². The molecule has 0 fully saturated rings. The third kappa shape index (κ3) is 4.77. The Hall–Kier alpha value is -2.96. The van der Waals surface area contributed by atoms with Gasteiger partial charge in [-0.25, -0.2) is 5.10 Å². The Morgan fingerprint density at radius 2 is 1.96 bits per heavy atom. The van der Waals surface area contributed by atoms with Crippen LogP contribution in [0.1, 0.15) is 34.1 Å². The van der Waals surface area contributed by atoms with E-state index in [1.807, 2.05) is 0 Å². The molecule has 2 rings (SSSR count). The molecule has 2 N–H and O–H groups in total. The van der Waals surface area contributed by atoms with E-state index in [-0.39, 0.29) is 24.6 Å². The lowest BCUT2D eigenvalue weighted by atomic mass is 10.0.